The highest BCUT2D eigenvalue weighted by Crippen LogP contribution is 2.37. The van der Waals surface area contributed by atoms with Crippen LogP contribution in [-0.4, -0.2) is 93.8 Å². The number of ketones is 1. The summed E-state index contributed by atoms with van der Waals surface area (Å²) >= 11 is 0. The van der Waals surface area contributed by atoms with Crippen LogP contribution in [0.3, 0.4) is 0 Å². The standard InChI is InChI=1S/C13H19N5O.C10H11N5.C3H7N.2CH4/c1-17(2)9-14-8-12(19)11-6-5-7-13(16-11)15-10-18(3)4;11-9-3-1-2-8(13-9)10-14-12-6-15(10)7-4-5-7;4-3-1-2-3;;/h5-7,9-10H,8H2,1-4H3;1-3,6-7H,4-5H2,(H2,11,13);3H,1-2,4H2;2*1H4. The number of hydrogen-bond donors (Lipinski definition) is 2. The van der Waals surface area contributed by atoms with Gasteiger partial charge in [-0.05, 0) is 49.9 Å². The van der Waals surface area contributed by atoms with Gasteiger partial charge >= 0.3 is 0 Å². The highest BCUT2D eigenvalue weighted by Gasteiger charge is 2.26. The molecular weight excluding hydrogens is 506 g/mol. The summed E-state index contributed by atoms with van der Waals surface area (Å²) in [4.78, 5) is 32.0. The van der Waals surface area contributed by atoms with Crippen LogP contribution >= 0.6 is 0 Å². The van der Waals surface area contributed by atoms with Gasteiger partial charge in [-0.2, -0.15) is 0 Å². The fourth-order valence-corrected chi connectivity index (χ4v) is 2.91. The molecule has 3 heterocycles. The number of pyridine rings is 2. The molecule has 0 aliphatic heterocycles. The van der Waals surface area contributed by atoms with Crippen molar-refractivity contribution in [3.63, 3.8) is 0 Å². The smallest absolute Gasteiger partial charge is 0.202 e. The minimum absolute atomic E-state index is 0. The van der Waals surface area contributed by atoms with Gasteiger partial charge in [0.25, 0.3) is 0 Å². The predicted molar refractivity (Wildman–Crippen MR) is 164 cm³/mol. The number of Topliss-reactive ketones (excluding diaryl/α,β-unsaturated/α-hetero) is 1. The summed E-state index contributed by atoms with van der Waals surface area (Å²) in [5.41, 5.74) is 12.0. The second kappa shape index (κ2) is 16.7. The van der Waals surface area contributed by atoms with Crippen LogP contribution in [0, 0.1) is 0 Å². The Morgan fingerprint density at radius 2 is 1.65 bits per heavy atom. The number of hydrogen-bond acceptors (Lipinski definition) is 9. The highest BCUT2D eigenvalue weighted by molar-refractivity contribution is 5.96. The Balaban J connectivity index is 0.000000339. The summed E-state index contributed by atoms with van der Waals surface area (Å²) < 4.78 is 2.07. The molecule has 0 atom stereocenters. The van der Waals surface area contributed by atoms with Gasteiger partial charge in [-0.3, -0.25) is 9.79 Å². The largest absolute Gasteiger partial charge is 0.384 e. The molecule has 12 heteroatoms. The second-order valence-corrected chi connectivity index (χ2v) is 9.51. The van der Waals surface area contributed by atoms with Crippen LogP contribution in [0.15, 0.2) is 52.7 Å². The van der Waals surface area contributed by atoms with E-state index in [9.17, 15) is 4.79 Å². The summed E-state index contributed by atoms with van der Waals surface area (Å²) in [5, 5.41) is 8.01. The molecule has 218 valence electrons. The van der Waals surface area contributed by atoms with Crippen molar-refractivity contribution < 1.29 is 4.79 Å². The van der Waals surface area contributed by atoms with Crippen LogP contribution in [0.2, 0.25) is 0 Å². The van der Waals surface area contributed by atoms with E-state index in [2.05, 4.69) is 34.7 Å². The van der Waals surface area contributed by atoms with Crippen molar-refractivity contribution in [1.29, 1.82) is 0 Å². The van der Waals surface area contributed by atoms with E-state index < -0.39 is 0 Å². The van der Waals surface area contributed by atoms with E-state index in [0.717, 1.165) is 11.5 Å². The van der Waals surface area contributed by atoms with Crippen molar-refractivity contribution >= 4 is 30.1 Å². The maximum Gasteiger partial charge on any atom is 0.202 e. The lowest BCUT2D eigenvalue weighted by atomic mass is 10.2. The number of carbonyl (C=O) groups is 1. The molecule has 0 amide bonds. The van der Waals surface area contributed by atoms with E-state index in [4.69, 9.17) is 11.5 Å². The molecule has 0 aromatic carbocycles. The fourth-order valence-electron chi connectivity index (χ4n) is 2.91. The first kappa shape index (κ1) is 33.8. The first-order valence-electron chi connectivity index (χ1n) is 12.5. The zero-order valence-electron chi connectivity index (χ0n) is 22.5. The molecule has 4 N–H and O–H groups in total. The molecule has 2 saturated carbocycles. The van der Waals surface area contributed by atoms with Gasteiger partial charge in [0.05, 0.1) is 12.7 Å². The van der Waals surface area contributed by atoms with Crippen molar-refractivity contribution in [3.05, 3.63) is 48.4 Å². The summed E-state index contributed by atoms with van der Waals surface area (Å²) in [6.45, 7) is 0.0893. The molecule has 0 bridgehead atoms. The SMILES string of the molecule is C.C.CN(C)C=NCC(=O)c1cccc(N=CN(C)C)n1.NC1CC1.Nc1cccc(-c2nncn2C2CC2)n1. The van der Waals surface area contributed by atoms with Gasteiger partial charge in [0.1, 0.15) is 30.1 Å². The number of nitrogens with two attached hydrogens (primary N) is 2. The van der Waals surface area contributed by atoms with E-state index in [1.807, 2.05) is 40.3 Å². The first-order chi connectivity index (χ1) is 18.2. The molecule has 0 spiro atoms. The number of nitrogen functional groups attached to an aromatic ring is 1. The van der Waals surface area contributed by atoms with Gasteiger partial charge < -0.3 is 25.8 Å². The molecule has 2 aliphatic carbocycles. The van der Waals surface area contributed by atoms with Gasteiger partial charge in [-0.15, -0.1) is 10.2 Å². The first-order valence-corrected chi connectivity index (χ1v) is 12.5. The van der Waals surface area contributed by atoms with Crippen LogP contribution in [0.5, 0.6) is 0 Å². The van der Waals surface area contributed by atoms with Gasteiger partial charge in [-0.1, -0.05) is 27.0 Å². The number of anilines is 1. The number of nitrogens with zero attached hydrogens (tertiary/aromatic N) is 9. The Kier molecular flexibility index (Phi) is 14.1. The van der Waals surface area contributed by atoms with Gasteiger partial charge in [0.15, 0.2) is 11.6 Å². The van der Waals surface area contributed by atoms with Crippen LogP contribution in [0.25, 0.3) is 11.5 Å². The van der Waals surface area contributed by atoms with E-state index in [-0.39, 0.29) is 27.2 Å². The van der Waals surface area contributed by atoms with E-state index >= 15 is 0 Å². The van der Waals surface area contributed by atoms with Crippen molar-refractivity contribution in [3.8, 4) is 11.5 Å². The van der Waals surface area contributed by atoms with E-state index in [1.165, 1.54) is 25.7 Å². The molecule has 0 radical (unpaired) electrons. The topological polar surface area (TPSA) is 157 Å². The maximum atomic E-state index is 11.9. The quantitative estimate of drug-likeness (QED) is 0.242. The molecular formula is C28H45N11O. The number of carbonyl (C=O) groups excluding carboxylic acids is 1. The zero-order chi connectivity index (χ0) is 27.5. The van der Waals surface area contributed by atoms with Crippen LogP contribution in [0.1, 0.15) is 57.1 Å². The third-order valence-electron chi connectivity index (χ3n) is 5.12. The summed E-state index contributed by atoms with van der Waals surface area (Å²) in [7, 11) is 7.44. The highest BCUT2D eigenvalue weighted by atomic mass is 16.1. The van der Waals surface area contributed by atoms with Gasteiger partial charge in [0.2, 0.25) is 5.78 Å². The Labute approximate surface area is 238 Å². The predicted octanol–water partition coefficient (Wildman–Crippen LogP) is 3.71. The lowest BCUT2D eigenvalue weighted by Crippen LogP contribution is -2.11. The van der Waals surface area contributed by atoms with Crippen molar-refractivity contribution in [2.24, 2.45) is 15.7 Å². The monoisotopic (exact) mass is 551 g/mol. The van der Waals surface area contributed by atoms with Crippen molar-refractivity contribution in [1.82, 2.24) is 34.5 Å². The average molecular weight is 552 g/mol. The normalized spacial score (nSPS) is 13.7. The lowest BCUT2D eigenvalue weighted by molar-refractivity contribution is 0.0997. The summed E-state index contributed by atoms with van der Waals surface area (Å²) in [6, 6.07) is 11.9. The van der Waals surface area contributed by atoms with Crippen molar-refractivity contribution in [2.75, 3.05) is 40.5 Å². The number of aliphatic imine (C=N–C) groups is 2. The molecule has 3 aromatic heterocycles. The van der Waals surface area contributed by atoms with E-state index in [0.29, 0.717) is 29.4 Å². The third-order valence-corrected chi connectivity index (χ3v) is 5.12. The Hall–Kier alpha value is -4.19. The van der Waals surface area contributed by atoms with Crippen LogP contribution in [-0.2, 0) is 0 Å². The summed E-state index contributed by atoms with van der Waals surface area (Å²) in [5.74, 6) is 1.71. The molecule has 2 fully saturated rings. The van der Waals surface area contributed by atoms with Crippen molar-refractivity contribution in [2.45, 2.75) is 52.6 Å². The number of aromatic nitrogens is 5. The second-order valence-electron chi connectivity index (χ2n) is 9.51. The molecule has 0 unspecified atom stereocenters. The Morgan fingerprint density at radius 3 is 2.23 bits per heavy atom. The molecule has 3 aromatic rings. The minimum Gasteiger partial charge on any atom is -0.384 e. The van der Waals surface area contributed by atoms with E-state index in [1.54, 1.807) is 53.1 Å². The zero-order valence-corrected chi connectivity index (χ0v) is 22.5. The average Bonchev–Trinajstić information content (AvgIpc) is 3.83. The lowest BCUT2D eigenvalue weighted by Gasteiger charge is -2.03. The fraction of sp³-hybridized carbons (Fsp3) is 0.464. The number of rotatable bonds is 8. The maximum absolute atomic E-state index is 11.9. The molecule has 2 aliphatic rings. The Morgan fingerprint density at radius 1 is 1.00 bits per heavy atom. The van der Waals surface area contributed by atoms with Gasteiger partial charge in [-0.25, -0.2) is 15.0 Å². The third kappa shape index (κ3) is 12.1. The molecule has 12 nitrogen and oxygen atoms in total. The molecule has 5 rings (SSSR count). The van der Waals surface area contributed by atoms with Crippen LogP contribution < -0.4 is 11.5 Å². The minimum atomic E-state index is -0.125. The van der Waals surface area contributed by atoms with Gasteiger partial charge in [0, 0.05) is 40.3 Å². The Bertz CT molecular complexity index is 1230. The molecule has 40 heavy (non-hydrogen) atoms. The molecule has 0 saturated heterocycles. The van der Waals surface area contributed by atoms with Crippen LogP contribution in [0.4, 0.5) is 11.6 Å². The summed E-state index contributed by atoms with van der Waals surface area (Å²) in [6.07, 6.45) is 9.94.